The van der Waals surface area contributed by atoms with Gasteiger partial charge in [-0.15, -0.1) is 0 Å². The quantitative estimate of drug-likeness (QED) is 0.591. The summed E-state index contributed by atoms with van der Waals surface area (Å²) in [7, 11) is 0. The van der Waals surface area contributed by atoms with Gasteiger partial charge in [0.2, 0.25) is 0 Å². The molecule has 1 aliphatic rings. The number of hydrogen-bond donors (Lipinski definition) is 1. The van der Waals surface area contributed by atoms with Crippen molar-refractivity contribution in [1.29, 1.82) is 0 Å². The molecule has 1 fully saturated rings. The van der Waals surface area contributed by atoms with Crippen molar-refractivity contribution in [2.75, 3.05) is 6.61 Å². The Labute approximate surface area is 97.5 Å². The van der Waals surface area contributed by atoms with Gasteiger partial charge in [-0.1, -0.05) is 13.0 Å². The van der Waals surface area contributed by atoms with E-state index < -0.39 is 0 Å². The van der Waals surface area contributed by atoms with E-state index in [0.717, 1.165) is 25.7 Å². The van der Waals surface area contributed by atoms with E-state index in [1.807, 2.05) is 6.92 Å². The molecule has 0 radical (unpaired) electrons. The van der Waals surface area contributed by atoms with E-state index in [1.54, 1.807) is 6.92 Å². The molecule has 1 aliphatic carbocycles. The topological polar surface area (TPSA) is 46.5 Å². The summed E-state index contributed by atoms with van der Waals surface area (Å²) < 4.78 is 5.32. The third kappa shape index (κ3) is 3.63. The summed E-state index contributed by atoms with van der Waals surface area (Å²) in [5.41, 5.74) is 0.446. The van der Waals surface area contributed by atoms with Gasteiger partial charge in [-0.2, -0.15) is 0 Å². The van der Waals surface area contributed by atoms with Crippen LogP contribution in [0.1, 0.15) is 39.5 Å². The van der Waals surface area contributed by atoms with Crippen LogP contribution < -0.4 is 0 Å². The average molecular weight is 226 g/mol. The van der Waals surface area contributed by atoms with Crippen molar-refractivity contribution in [2.24, 2.45) is 11.8 Å². The Morgan fingerprint density at radius 2 is 2.25 bits per heavy atom. The molecule has 3 heteroatoms. The molecule has 3 atom stereocenters. The molecule has 3 unspecified atom stereocenters. The lowest BCUT2D eigenvalue weighted by atomic mass is 9.79. The second-order valence-electron chi connectivity index (χ2n) is 4.87. The van der Waals surface area contributed by atoms with Gasteiger partial charge in [0.15, 0.2) is 0 Å². The molecule has 3 nitrogen and oxygen atoms in total. The summed E-state index contributed by atoms with van der Waals surface area (Å²) in [5.74, 6) is 0.456. The Hall–Kier alpha value is -0.830. The van der Waals surface area contributed by atoms with Gasteiger partial charge in [0.25, 0.3) is 0 Å². The fourth-order valence-electron chi connectivity index (χ4n) is 2.29. The zero-order valence-corrected chi connectivity index (χ0v) is 10.2. The Kier molecular flexibility index (Phi) is 5.00. The van der Waals surface area contributed by atoms with Gasteiger partial charge >= 0.3 is 5.97 Å². The molecule has 0 aromatic heterocycles. The van der Waals surface area contributed by atoms with Gasteiger partial charge in [0.1, 0.15) is 6.10 Å². The summed E-state index contributed by atoms with van der Waals surface area (Å²) in [4.78, 5) is 11.4. The van der Waals surface area contributed by atoms with Crippen LogP contribution in [0, 0.1) is 11.8 Å². The van der Waals surface area contributed by atoms with Crippen molar-refractivity contribution in [1.82, 2.24) is 0 Å². The van der Waals surface area contributed by atoms with Crippen LogP contribution in [0.5, 0.6) is 0 Å². The van der Waals surface area contributed by atoms with Crippen molar-refractivity contribution in [3.05, 3.63) is 12.2 Å². The van der Waals surface area contributed by atoms with Crippen molar-refractivity contribution < 1.29 is 14.6 Å². The van der Waals surface area contributed by atoms with Crippen LogP contribution in [0.25, 0.3) is 0 Å². The van der Waals surface area contributed by atoms with Crippen molar-refractivity contribution in [3.8, 4) is 0 Å². The molecule has 92 valence electrons. The zero-order valence-electron chi connectivity index (χ0n) is 10.2. The van der Waals surface area contributed by atoms with Crippen LogP contribution >= 0.6 is 0 Å². The van der Waals surface area contributed by atoms with Crippen molar-refractivity contribution in [2.45, 2.75) is 45.6 Å². The van der Waals surface area contributed by atoms with E-state index in [1.165, 1.54) is 0 Å². The molecular formula is C13H22O3. The molecule has 0 saturated heterocycles. The predicted octanol–water partition coefficient (Wildman–Crippen LogP) is 2.29. The van der Waals surface area contributed by atoms with Crippen LogP contribution in [0.3, 0.4) is 0 Å². The number of aliphatic hydroxyl groups is 1. The predicted molar refractivity (Wildman–Crippen MR) is 62.9 cm³/mol. The largest absolute Gasteiger partial charge is 0.459 e. The van der Waals surface area contributed by atoms with Crippen LogP contribution in [0.15, 0.2) is 12.2 Å². The Balaban J connectivity index is 2.44. The first-order chi connectivity index (χ1) is 7.54. The third-order valence-electron chi connectivity index (χ3n) is 3.39. The minimum absolute atomic E-state index is 0.0708. The Morgan fingerprint density at radius 3 is 2.81 bits per heavy atom. The van der Waals surface area contributed by atoms with Gasteiger partial charge in [-0.25, -0.2) is 4.79 Å². The van der Waals surface area contributed by atoms with Gasteiger partial charge in [0.05, 0.1) is 0 Å². The van der Waals surface area contributed by atoms with Crippen LogP contribution in [0.2, 0.25) is 0 Å². The third-order valence-corrected chi connectivity index (χ3v) is 3.39. The normalized spacial score (nSPS) is 27.2. The van der Waals surface area contributed by atoms with E-state index in [4.69, 9.17) is 9.84 Å². The summed E-state index contributed by atoms with van der Waals surface area (Å²) in [6.45, 7) is 7.41. The monoisotopic (exact) mass is 226 g/mol. The molecule has 0 aromatic carbocycles. The summed E-state index contributed by atoms with van der Waals surface area (Å²) >= 11 is 0. The molecule has 0 spiro atoms. The minimum Gasteiger partial charge on any atom is -0.459 e. The van der Waals surface area contributed by atoms with Crippen LogP contribution in [-0.2, 0) is 9.53 Å². The maximum absolute atomic E-state index is 11.4. The first kappa shape index (κ1) is 13.2. The number of aliphatic hydroxyl groups excluding tert-OH is 1. The SMILES string of the molecule is C=C(C)C(=O)OC(C)C1CCCC(CO)C1. The van der Waals surface area contributed by atoms with Gasteiger partial charge in [-0.05, 0) is 44.9 Å². The maximum Gasteiger partial charge on any atom is 0.333 e. The molecule has 0 bridgehead atoms. The number of rotatable bonds is 4. The van der Waals surface area contributed by atoms with E-state index in [2.05, 4.69) is 6.58 Å². The molecule has 0 heterocycles. The fourth-order valence-corrected chi connectivity index (χ4v) is 2.29. The number of ether oxygens (including phenoxy) is 1. The van der Waals surface area contributed by atoms with E-state index >= 15 is 0 Å². The van der Waals surface area contributed by atoms with Gasteiger partial charge in [0, 0.05) is 12.2 Å². The molecule has 16 heavy (non-hydrogen) atoms. The zero-order chi connectivity index (χ0) is 12.1. The molecule has 0 amide bonds. The van der Waals surface area contributed by atoms with E-state index in [-0.39, 0.29) is 18.7 Å². The highest BCUT2D eigenvalue weighted by molar-refractivity contribution is 5.87. The first-order valence-electron chi connectivity index (χ1n) is 6.02. The number of hydrogen-bond acceptors (Lipinski definition) is 3. The van der Waals surface area contributed by atoms with Crippen LogP contribution in [-0.4, -0.2) is 23.8 Å². The second-order valence-corrected chi connectivity index (χ2v) is 4.87. The number of carbonyl (C=O) groups is 1. The molecular weight excluding hydrogens is 204 g/mol. The first-order valence-corrected chi connectivity index (χ1v) is 6.02. The molecule has 1 N–H and O–H groups in total. The average Bonchev–Trinajstić information content (AvgIpc) is 2.28. The summed E-state index contributed by atoms with van der Waals surface area (Å²) in [6, 6.07) is 0. The second kappa shape index (κ2) is 6.04. The highest BCUT2D eigenvalue weighted by Crippen LogP contribution is 2.32. The lowest BCUT2D eigenvalue weighted by Gasteiger charge is -2.31. The van der Waals surface area contributed by atoms with Crippen molar-refractivity contribution >= 4 is 5.97 Å². The van der Waals surface area contributed by atoms with Crippen molar-refractivity contribution in [3.63, 3.8) is 0 Å². The summed E-state index contributed by atoms with van der Waals surface area (Å²) in [5, 5.41) is 9.14. The number of esters is 1. The highest BCUT2D eigenvalue weighted by Gasteiger charge is 2.27. The van der Waals surface area contributed by atoms with Gasteiger partial charge in [-0.3, -0.25) is 0 Å². The number of carbonyl (C=O) groups excluding carboxylic acids is 1. The van der Waals surface area contributed by atoms with Gasteiger partial charge < -0.3 is 9.84 Å². The standard InChI is InChI=1S/C13H22O3/c1-9(2)13(15)16-10(3)12-6-4-5-11(7-12)8-14/h10-12,14H,1,4-8H2,2-3H3. The lowest BCUT2D eigenvalue weighted by molar-refractivity contribution is -0.146. The van der Waals surface area contributed by atoms with E-state index in [0.29, 0.717) is 17.4 Å². The van der Waals surface area contributed by atoms with Crippen LogP contribution in [0.4, 0.5) is 0 Å². The molecule has 0 aliphatic heterocycles. The Bertz CT molecular complexity index is 260. The molecule has 1 saturated carbocycles. The molecule has 0 aromatic rings. The highest BCUT2D eigenvalue weighted by atomic mass is 16.5. The lowest BCUT2D eigenvalue weighted by Crippen LogP contribution is -2.30. The maximum atomic E-state index is 11.4. The summed E-state index contributed by atoms with van der Waals surface area (Å²) in [6.07, 6.45) is 4.18. The Morgan fingerprint density at radius 1 is 1.56 bits per heavy atom. The smallest absolute Gasteiger partial charge is 0.333 e. The fraction of sp³-hybridized carbons (Fsp3) is 0.769. The van der Waals surface area contributed by atoms with E-state index in [9.17, 15) is 4.79 Å². The minimum atomic E-state index is -0.307. The molecule has 1 rings (SSSR count).